The second kappa shape index (κ2) is 7.36. The first-order chi connectivity index (χ1) is 11.6. The van der Waals surface area contributed by atoms with Crippen molar-refractivity contribution in [1.82, 2.24) is 19.8 Å². The topological polar surface area (TPSA) is 70.4 Å². The Morgan fingerprint density at radius 3 is 3.08 bits per heavy atom. The minimum atomic E-state index is -0.639. The Morgan fingerprint density at radius 1 is 1.58 bits per heavy atom. The molecule has 0 spiro atoms. The first-order valence-corrected chi connectivity index (χ1v) is 9.15. The fourth-order valence-corrected chi connectivity index (χ4v) is 4.02. The second-order valence-corrected chi connectivity index (χ2v) is 7.38. The maximum absolute atomic E-state index is 12.4. The zero-order chi connectivity index (χ0) is 17.1. The molecule has 2 aromatic heterocycles. The average molecular weight is 348 g/mol. The molecule has 1 aliphatic heterocycles. The fraction of sp³-hybridized carbons (Fsp3) is 0.529. The molecule has 7 heteroatoms. The number of likely N-dealkylation sites (tertiary alicyclic amines) is 1. The van der Waals surface area contributed by atoms with E-state index in [1.54, 1.807) is 17.5 Å². The molecule has 2 N–H and O–H groups in total. The lowest BCUT2D eigenvalue weighted by molar-refractivity contribution is 0.0532. The van der Waals surface area contributed by atoms with E-state index in [4.69, 9.17) is 0 Å². The van der Waals surface area contributed by atoms with Crippen molar-refractivity contribution in [3.05, 3.63) is 40.1 Å². The largest absolute Gasteiger partial charge is 0.385 e. The highest BCUT2D eigenvalue weighted by atomic mass is 32.1. The van der Waals surface area contributed by atoms with Crippen molar-refractivity contribution in [2.75, 3.05) is 13.1 Å². The van der Waals surface area contributed by atoms with E-state index in [9.17, 15) is 9.90 Å². The summed E-state index contributed by atoms with van der Waals surface area (Å²) < 4.78 is 1.84. The van der Waals surface area contributed by atoms with Gasteiger partial charge < -0.3 is 19.9 Å². The molecular formula is C17H24N4O2S. The van der Waals surface area contributed by atoms with E-state index in [1.165, 1.54) is 10.4 Å². The van der Waals surface area contributed by atoms with E-state index in [2.05, 4.69) is 23.3 Å². The number of aliphatic hydroxyl groups is 1. The Labute approximate surface area is 146 Å². The first kappa shape index (κ1) is 17.0. The van der Waals surface area contributed by atoms with Gasteiger partial charge in [-0.3, -0.25) is 0 Å². The van der Waals surface area contributed by atoms with E-state index in [-0.39, 0.29) is 11.9 Å². The number of aromatic nitrogens is 2. The molecule has 6 nitrogen and oxygen atoms in total. The lowest BCUT2D eigenvalue weighted by atomic mass is 9.92. The second-order valence-electron chi connectivity index (χ2n) is 6.38. The van der Waals surface area contributed by atoms with Crippen molar-refractivity contribution in [3.63, 3.8) is 0 Å². The highest BCUT2D eigenvalue weighted by Crippen LogP contribution is 2.28. The number of nitrogens with zero attached hydrogens (tertiary/aromatic N) is 3. The molecular weight excluding hydrogens is 324 g/mol. The number of hydrogen-bond acceptors (Lipinski definition) is 4. The SMILES string of the molecule is Cc1ccsc1CNC(=O)N1CCCC(C(O)c2nccn2C)C1. The number of hydrogen-bond donors (Lipinski definition) is 2. The van der Waals surface area contributed by atoms with Crippen LogP contribution in [-0.2, 0) is 13.6 Å². The van der Waals surface area contributed by atoms with Gasteiger partial charge in [0.2, 0.25) is 0 Å². The zero-order valence-corrected chi connectivity index (χ0v) is 14.9. The van der Waals surface area contributed by atoms with Gasteiger partial charge in [-0.1, -0.05) is 0 Å². The van der Waals surface area contributed by atoms with E-state index in [0.29, 0.717) is 18.9 Å². The number of piperidine rings is 1. The highest BCUT2D eigenvalue weighted by molar-refractivity contribution is 7.10. The van der Waals surface area contributed by atoms with Crippen molar-refractivity contribution < 1.29 is 9.90 Å². The van der Waals surface area contributed by atoms with Crippen molar-refractivity contribution >= 4 is 17.4 Å². The predicted molar refractivity (Wildman–Crippen MR) is 93.8 cm³/mol. The molecule has 0 aromatic carbocycles. The average Bonchev–Trinajstić information content (AvgIpc) is 3.20. The summed E-state index contributed by atoms with van der Waals surface area (Å²) in [6, 6.07) is 2.01. The third-order valence-corrected chi connectivity index (χ3v) is 5.71. The van der Waals surface area contributed by atoms with Gasteiger partial charge in [-0.2, -0.15) is 0 Å². The standard InChI is InChI=1S/C17H24N4O2S/c1-12-5-9-24-14(12)10-19-17(23)21-7-3-4-13(11-21)15(22)16-18-6-8-20(16)2/h5-6,8-9,13,15,22H,3-4,7,10-11H2,1-2H3,(H,19,23). The molecule has 2 aromatic rings. The summed E-state index contributed by atoms with van der Waals surface area (Å²) in [7, 11) is 1.88. The number of rotatable bonds is 4. The minimum Gasteiger partial charge on any atom is -0.385 e. The summed E-state index contributed by atoms with van der Waals surface area (Å²) in [6.45, 7) is 3.91. The Morgan fingerprint density at radius 2 is 2.42 bits per heavy atom. The van der Waals surface area contributed by atoms with Crippen LogP contribution in [0.5, 0.6) is 0 Å². The summed E-state index contributed by atoms with van der Waals surface area (Å²) in [6.07, 6.45) is 4.68. The van der Waals surface area contributed by atoms with Crippen LogP contribution in [0, 0.1) is 12.8 Å². The number of imidazole rings is 1. The normalized spacial score (nSPS) is 19.3. The molecule has 130 valence electrons. The molecule has 0 bridgehead atoms. The third-order valence-electron chi connectivity index (χ3n) is 4.68. The monoisotopic (exact) mass is 348 g/mol. The van der Waals surface area contributed by atoms with Crippen molar-refractivity contribution in [2.24, 2.45) is 13.0 Å². The molecule has 24 heavy (non-hydrogen) atoms. The Hall–Kier alpha value is -1.86. The molecule has 0 aliphatic carbocycles. The lowest BCUT2D eigenvalue weighted by Crippen LogP contribution is -2.46. The van der Waals surface area contributed by atoms with Crippen LogP contribution >= 0.6 is 11.3 Å². The van der Waals surface area contributed by atoms with Gasteiger partial charge >= 0.3 is 6.03 Å². The van der Waals surface area contributed by atoms with Crippen LogP contribution in [-0.4, -0.2) is 38.7 Å². The van der Waals surface area contributed by atoms with Gasteiger partial charge in [-0.25, -0.2) is 9.78 Å². The van der Waals surface area contributed by atoms with Crippen LogP contribution in [0.4, 0.5) is 4.79 Å². The molecule has 3 heterocycles. The fourth-order valence-electron chi connectivity index (χ4n) is 3.18. The molecule has 2 atom stereocenters. The van der Waals surface area contributed by atoms with Gasteiger partial charge in [0, 0.05) is 43.3 Å². The number of thiophene rings is 1. The van der Waals surface area contributed by atoms with Gasteiger partial charge in [0.15, 0.2) is 0 Å². The predicted octanol–water partition coefficient (Wildman–Crippen LogP) is 2.45. The van der Waals surface area contributed by atoms with Crippen LogP contribution in [0.1, 0.15) is 35.2 Å². The summed E-state index contributed by atoms with van der Waals surface area (Å²) in [5.41, 5.74) is 1.21. The van der Waals surface area contributed by atoms with Gasteiger partial charge in [-0.15, -0.1) is 11.3 Å². The molecule has 3 rings (SSSR count). The smallest absolute Gasteiger partial charge is 0.317 e. The number of carbonyl (C=O) groups is 1. The summed E-state index contributed by atoms with van der Waals surface area (Å²) in [5.74, 6) is 0.686. The molecule has 2 amide bonds. The van der Waals surface area contributed by atoms with Crippen LogP contribution in [0.3, 0.4) is 0 Å². The van der Waals surface area contributed by atoms with Crippen LogP contribution < -0.4 is 5.32 Å². The number of urea groups is 1. The number of amides is 2. The lowest BCUT2D eigenvalue weighted by Gasteiger charge is -2.34. The van der Waals surface area contributed by atoms with E-state index in [0.717, 1.165) is 19.4 Å². The summed E-state index contributed by atoms with van der Waals surface area (Å²) in [4.78, 5) is 19.7. The van der Waals surface area contributed by atoms with Crippen LogP contribution in [0.2, 0.25) is 0 Å². The Kier molecular flexibility index (Phi) is 5.20. The Balaban J connectivity index is 1.57. The molecule has 0 radical (unpaired) electrons. The van der Waals surface area contributed by atoms with Crippen molar-refractivity contribution in [3.8, 4) is 0 Å². The maximum atomic E-state index is 12.4. The van der Waals surface area contributed by atoms with E-state index in [1.807, 2.05) is 28.1 Å². The summed E-state index contributed by atoms with van der Waals surface area (Å²) >= 11 is 1.66. The van der Waals surface area contributed by atoms with Gasteiger partial charge in [0.1, 0.15) is 11.9 Å². The number of aryl methyl sites for hydroxylation is 2. The zero-order valence-electron chi connectivity index (χ0n) is 14.1. The molecule has 1 aliphatic rings. The van der Waals surface area contributed by atoms with Gasteiger partial charge in [0.25, 0.3) is 0 Å². The van der Waals surface area contributed by atoms with Crippen LogP contribution in [0.25, 0.3) is 0 Å². The molecule has 1 saturated heterocycles. The quantitative estimate of drug-likeness (QED) is 0.892. The van der Waals surface area contributed by atoms with Crippen LogP contribution in [0.15, 0.2) is 23.8 Å². The van der Waals surface area contributed by atoms with E-state index < -0.39 is 6.10 Å². The Bertz CT molecular complexity index is 696. The van der Waals surface area contributed by atoms with Gasteiger partial charge in [0.05, 0.1) is 6.54 Å². The van der Waals surface area contributed by atoms with Gasteiger partial charge in [-0.05, 0) is 36.8 Å². The molecule has 0 saturated carbocycles. The van der Waals surface area contributed by atoms with Crippen molar-refractivity contribution in [2.45, 2.75) is 32.4 Å². The highest BCUT2D eigenvalue weighted by Gasteiger charge is 2.31. The third kappa shape index (κ3) is 3.62. The van der Waals surface area contributed by atoms with E-state index >= 15 is 0 Å². The maximum Gasteiger partial charge on any atom is 0.317 e. The number of nitrogens with one attached hydrogen (secondary N) is 1. The minimum absolute atomic E-state index is 0.0223. The number of aliphatic hydroxyl groups excluding tert-OH is 1. The molecule has 2 unspecified atom stereocenters. The number of carbonyl (C=O) groups excluding carboxylic acids is 1. The molecule has 1 fully saturated rings. The van der Waals surface area contributed by atoms with Crippen molar-refractivity contribution in [1.29, 1.82) is 0 Å². The summed E-state index contributed by atoms with van der Waals surface area (Å²) in [5, 5.41) is 15.6. The first-order valence-electron chi connectivity index (χ1n) is 8.27.